The summed E-state index contributed by atoms with van der Waals surface area (Å²) in [6, 6.07) is 12.1. The lowest BCUT2D eigenvalue weighted by Gasteiger charge is -2.10. The Morgan fingerprint density at radius 2 is 1.71 bits per heavy atom. The summed E-state index contributed by atoms with van der Waals surface area (Å²) in [5.74, 6) is -0.113. The third-order valence-electron chi connectivity index (χ3n) is 2.48. The van der Waals surface area contributed by atoms with Crippen LogP contribution in [0.1, 0.15) is 0 Å². The number of nitrogens with zero attached hydrogens (tertiary/aromatic N) is 1. The van der Waals surface area contributed by atoms with Crippen LogP contribution in [0.3, 0.4) is 0 Å². The molecule has 21 heavy (non-hydrogen) atoms. The Morgan fingerprint density at radius 1 is 1.10 bits per heavy atom. The third kappa shape index (κ3) is 3.93. The van der Waals surface area contributed by atoms with Gasteiger partial charge in [0.25, 0.3) is 5.69 Å². The van der Waals surface area contributed by atoms with Gasteiger partial charge in [0.15, 0.2) is 18.1 Å². The Balaban J connectivity index is 2.15. The first-order chi connectivity index (χ1) is 10.1. The number of para-hydroxylation sites is 2. The fourth-order valence-corrected chi connectivity index (χ4v) is 1.56. The zero-order chi connectivity index (χ0) is 15.2. The fraction of sp³-hybridized carbons (Fsp3) is 0.0714. The van der Waals surface area contributed by atoms with Crippen LogP contribution >= 0.6 is 0 Å². The van der Waals surface area contributed by atoms with Gasteiger partial charge in [0.05, 0.1) is 4.92 Å². The molecule has 2 aromatic carbocycles. The average molecular weight is 289 g/mol. The maximum absolute atomic E-state index is 10.6. The number of carboxylic acid groups (broad SMARTS) is 1. The number of rotatable bonds is 6. The zero-order valence-corrected chi connectivity index (χ0v) is 10.8. The quantitative estimate of drug-likeness (QED) is 0.648. The molecule has 0 aliphatic rings. The highest BCUT2D eigenvalue weighted by molar-refractivity contribution is 5.68. The molecule has 0 saturated carbocycles. The molecular formula is C14H11NO6. The SMILES string of the molecule is O=C(O)COc1ccccc1Oc1ccc([N+](=O)[O-])cc1. The zero-order valence-electron chi connectivity index (χ0n) is 10.8. The van der Waals surface area contributed by atoms with Crippen molar-refractivity contribution in [3.8, 4) is 17.2 Å². The molecule has 0 atom stereocenters. The molecule has 0 amide bonds. The molecule has 0 spiro atoms. The Kier molecular flexibility index (Phi) is 4.35. The van der Waals surface area contributed by atoms with Crippen molar-refractivity contribution in [2.24, 2.45) is 0 Å². The summed E-state index contributed by atoms with van der Waals surface area (Å²) in [6.45, 7) is -0.485. The van der Waals surface area contributed by atoms with Crippen LogP contribution in [0.15, 0.2) is 48.5 Å². The third-order valence-corrected chi connectivity index (χ3v) is 2.48. The van der Waals surface area contributed by atoms with E-state index >= 15 is 0 Å². The number of benzene rings is 2. The highest BCUT2D eigenvalue weighted by atomic mass is 16.6. The molecule has 2 aromatic rings. The number of nitro benzene ring substituents is 1. The van der Waals surface area contributed by atoms with Crippen molar-refractivity contribution in [3.63, 3.8) is 0 Å². The Hall–Kier alpha value is -3.09. The standard InChI is InChI=1S/C14H11NO6/c16-14(17)9-20-12-3-1-2-4-13(12)21-11-7-5-10(6-8-11)15(18)19/h1-8H,9H2,(H,16,17). The van der Waals surface area contributed by atoms with Gasteiger partial charge in [0.1, 0.15) is 5.75 Å². The van der Waals surface area contributed by atoms with Gasteiger partial charge in [-0.2, -0.15) is 0 Å². The summed E-state index contributed by atoms with van der Waals surface area (Å²) >= 11 is 0. The van der Waals surface area contributed by atoms with E-state index in [-0.39, 0.29) is 11.4 Å². The smallest absolute Gasteiger partial charge is 0.341 e. The van der Waals surface area contributed by atoms with Crippen molar-refractivity contribution < 1.29 is 24.3 Å². The van der Waals surface area contributed by atoms with Crippen molar-refractivity contribution in [2.75, 3.05) is 6.61 Å². The molecule has 0 unspecified atom stereocenters. The molecule has 0 fully saturated rings. The molecule has 0 saturated heterocycles. The van der Waals surface area contributed by atoms with Crippen LogP contribution in [0.25, 0.3) is 0 Å². The second-order valence-electron chi connectivity index (χ2n) is 3.98. The normalized spacial score (nSPS) is 9.90. The summed E-state index contributed by atoms with van der Waals surface area (Å²) in [5.41, 5.74) is -0.0437. The number of carboxylic acids is 1. The molecule has 7 heteroatoms. The van der Waals surface area contributed by atoms with Gasteiger partial charge in [-0.1, -0.05) is 12.1 Å². The second kappa shape index (κ2) is 6.38. The number of nitro groups is 1. The number of non-ortho nitro benzene ring substituents is 1. The van der Waals surface area contributed by atoms with Crippen LogP contribution < -0.4 is 9.47 Å². The lowest BCUT2D eigenvalue weighted by atomic mass is 10.3. The molecule has 0 heterocycles. The van der Waals surface area contributed by atoms with E-state index in [0.717, 1.165) is 0 Å². The number of aliphatic carboxylic acids is 1. The molecule has 0 bridgehead atoms. The minimum atomic E-state index is -1.10. The number of ether oxygens (including phenoxy) is 2. The predicted octanol–water partition coefficient (Wildman–Crippen LogP) is 2.85. The van der Waals surface area contributed by atoms with E-state index in [0.29, 0.717) is 11.5 Å². The van der Waals surface area contributed by atoms with Gasteiger partial charge in [-0.15, -0.1) is 0 Å². The molecule has 0 aliphatic heterocycles. The van der Waals surface area contributed by atoms with Crippen LogP contribution in [-0.2, 0) is 4.79 Å². The molecule has 108 valence electrons. The molecule has 2 rings (SSSR count). The minimum Gasteiger partial charge on any atom is -0.479 e. The van der Waals surface area contributed by atoms with Crippen molar-refractivity contribution in [1.82, 2.24) is 0 Å². The molecular weight excluding hydrogens is 278 g/mol. The highest BCUT2D eigenvalue weighted by Crippen LogP contribution is 2.31. The summed E-state index contributed by atoms with van der Waals surface area (Å²) in [6.07, 6.45) is 0. The van der Waals surface area contributed by atoms with Gasteiger partial charge >= 0.3 is 5.97 Å². The number of carbonyl (C=O) groups is 1. The van der Waals surface area contributed by atoms with E-state index in [9.17, 15) is 14.9 Å². The van der Waals surface area contributed by atoms with E-state index in [1.165, 1.54) is 24.3 Å². The number of hydrogen-bond acceptors (Lipinski definition) is 5. The summed E-state index contributed by atoms with van der Waals surface area (Å²) in [7, 11) is 0. The number of hydrogen-bond donors (Lipinski definition) is 1. The molecule has 0 radical (unpaired) electrons. The molecule has 0 aromatic heterocycles. The largest absolute Gasteiger partial charge is 0.479 e. The maximum Gasteiger partial charge on any atom is 0.341 e. The Labute approximate surface area is 119 Å². The average Bonchev–Trinajstić information content (AvgIpc) is 2.47. The van der Waals surface area contributed by atoms with Crippen molar-refractivity contribution >= 4 is 11.7 Å². The van der Waals surface area contributed by atoms with E-state index in [1.807, 2.05) is 0 Å². The van der Waals surface area contributed by atoms with Crippen LogP contribution in [-0.4, -0.2) is 22.6 Å². The second-order valence-corrected chi connectivity index (χ2v) is 3.98. The van der Waals surface area contributed by atoms with Crippen LogP contribution in [0.4, 0.5) is 5.69 Å². The predicted molar refractivity (Wildman–Crippen MR) is 72.7 cm³/mol. The van der Waals surface area contributed by atoms with Gasteiger partial charge in [-0.3, -0.25) is 10.1 Å². The van der Waals surface area contributed by atoms with Crippen LogP contribution in [0, 0.1) is 10.1 Å². The first-order valence-corrected chi connectivity index (χ1v) is 5.92. The molecule has 0 aliphatic carbocycles. The van der Waals surface area contributed by atoms with E-state index in [4.69, 9.17) is 14.6 Å². The van der Waals surface area contributed by atoms with Crippen molar-refractivity contribution in [2.45, 2.75) is 0 Å². The summed E-state index contributed by atoms with van der Waals surface area (Å²) < 4.78 is 10.6. The molecule has 1 N–H and O–H groups in total. The fourth-order valence-electron chi connectivity index (χ4n) is 1.56. The minimum absolute atomic E-state index is 0.0437. The lowest BCUT2D eigenvalue weighted by Crippen LogP contribution is -2.09. The summed E-state index contributed by atoms with van der Waals surface area (Å²) in [5, 5.41) is 19.2. The first-order valence-electron chi connectivity index (χ1n) is 5.92. The van der Waals surface area contributed by atoms with E-state index < -0.39 is 17.5 Å². The highest BCUT2D eigenvalue weighted by Gasteiger charge is 2.09. The summed E-state index contributed by atoms with van der Waals surface area (Å²) in [4.78, 5) is 20.6. The van der Waals surface area contributed by atoms with Gasteiger partial charge in [0, 0.05) is 12.1 Å². The van der Waals surface area contributed by atoms with Gasteiger partial charge in [0.2, 0.25) is 0 Å². The van der Waals surface area contributed by atoms with Crippen molar-refractivity contribution in [3.05, 3.63) is 58.6 Å². The van der Waals surface area contributed by atoms with E-state index in [2.05, 4.69) is 0 Å². The first kappa shape index (κ1) is 14.3. The maximum atomic E-state index is 10.6. The van der Waals surface area contributed by atoms with Gasteiger partial charge in [-0.05, 0) is 24.3 Å². The van der Waals surface area contributed by atoms with Gasteiger partial charge < -0.3 is 14.6 Å². The Bertz CT molecular complexity index is 653. The van der Waals surface area contributed by atoms with Crippen molar-refractivity contribution in [1.29, 1.82) is 0 Å². The lowest BCUT2D eigenvalue weighted by molar-refractivity contribution is -0.384. The monoisotopic (exact) mass is 289 g/mol. The van der Waals surface area contributed by atoms with Crippen LogP contribution in [0.5, 0.6) is 17.2 Å². The van der Waals surface area contributed by atoms with E-state index in [1.54, 1.807) is 24.3 Å². The van der Waals surface area contributed by atoms with Crippen LogP contribution in [0.2, 0.25) is 0 Å². The Morgan fingerprint density at radius 3 is 2.29 bits per heavy atom. The molecule has 7 nitrogen and oxygen atoms in total. The topological polar surface area (TPSA) is 98.9 Å². The van der Waals surface area contributed by atoms with Gasteiger partial charge in [-0.25, -0.2) is 4.79 Å².